The summed E-state index contributed by atoms with van der Waals surface area (Å²) in [6.45, 7) is 0. The van der Waals surface area contributed by atoms with Gasteiger partial charge >= 0.3 is 0 Å². The highest BCUT2D eigenvalue weighted by molar-refractivity contribution is 6.12. The number of hydrogen-bond donors (Lipinski definition) is 0. The number of para-hydroxylation sites is 1. The van der Waals surface area contributed by atoms with Gasteiger partial charge in [0.15, 0.2) is 5.82 Å². The lowest BCUT2D eigenvalue weighted by Crippen LogP contribution is -2.28. The molecule has 0 aliphatic heterocycles. The lowest BCUT2D eigenvalue weighted by atomic mass is 9.67. The average molecular weight is 765 g/mol. The number of furan rings is 1. The summed E-state index contributed by atoms with van der Waals surface area (Å²) in [7, 11) is 0. The molecule has 0 radical (unpaired) electrons. The number of hydrogen-bond acceptors (Lipinski definition) is 3. The highest BCUT2D eigenvalue weighted by Crippen LogP contribution is 2.57. The number of aromatic nitrogens is 2. The number of fused-ring (bicyclic) bond motifs is 7. The highest BCUT2D eigenvalue weighted by Gasteiger charge is 2.46. The summed E-state index contributed by atoms with van der Waals surface area (Å²) in [6, 6.07) is 78.1. The summed E-state index contributed by atoms with van der Waals surface area (Å²) in [5.74, 6) is 0.678. The zero-order valence-electron chi connectivity index (χ0n) is 32.6. The van der Waals surface area contributed by atoms with E-state index in [0.717, 1.165) is 55.4 Å². The van der Waals surface area contributed by atoms with Gasteiger partial charge in [-0.2, -0.15) is 0 Å². The minimum atomic E-state index is -0.478. The van der Waals surface area contributed by atoms with Gasteiger partial charge in [-0.15, -0.1) is 0 Å². The third-order valence-electron chi connectivity index (χ3n) is 12.4. The Morgan fingerprint density at radius 2 is 0.867 bits per heavy atom. The van der Waals surface area contributed by atoms with Crippen LogP contribution in [0.4, 0.5) is 0 Å². The van der Waals surface area contributed by atoms with Crippen molar-refractivity contribution in [3.05, 3.63) is 241 Å². The van der Waals surface area contributed by atoms with Crippen LogP contribution in [-0.4, -0.2) is 9.97 Å². The van der Waals surface area contributed by atoms with Crippen molar-refractivity contribution in [2.45, 2.75) is 5.41 Å². The van der Waals surface area contributed by atoms with Crippen molar-refractivity contribution in [1.82, 2.24) is 9.97 Å². The Balaban J connectivity index is 1.07. The van der Waals surface area contributed by atoms with Crippen molar-refractivity contribution in [3.8, 4) is 56.2 Å². The summed E-state index contributed by atoms with van der Waals surface area (Å²) in [5, 5.41) is 4.42. The maximum absolute atomic E-state index is 6.32. The van der Waals surface area contributed by atoms with Crippen molar-refractivity contribution < 1.29 is 4.42 Å². The van der Waals surface area contributed by atoms with E-state index in [0.29, 0.717) is 5.82 Å². The predicted octanol–water partition coefficient (Wildman–Crippen LogP) is 14.6. The van der Waals surface area contributed by atoms with E-state index in [2.05, 4.69) is 176 Å². The van der Waals surface area contributed by atoms with Crippen LogP contribution in [0.15, 0.2) is 223 Å². The maximum Gasteiger partial charge on any atom is 0.160 e. The van der Waals surface area contributed by atoms with Gasteiger partial charge in [0.05, 0.1) is 16.8 Å². The molecular formula is C57H36N2O. The molecule has 2 heterocycles. The van der Waals surface area contributed by atoms with E-state index in [9.17, 15) is 0 Å². The van der Waals surface area contributed by atoms with Crippen LogP contribution in [0.2, 0.25) is 0 Å². The summed E-state index contributed by atoms with van der Waals surface area (Å²) < 4.78 is 6.32. The first kappa shape index (κ1) is 34.2. The lowest BCUT2D eigenvalue weighted by molar-refractivity contribution is 0.669. The van der Waals surface area contributed by atoms with Crippen molar-refractivity contribution in [3.63, 3.8) is 0 Å². The Bertz CT molecular complexity index is 3380. The van der Waals surface area contributed by atoms with Crippen LogP contribution in [0.5, 0.6) is 0 Å². The van der Waals surface area contributed by atoms with Crippen LogP contribution >= 0.6 is 0 Å². The fraction of sp³-hybridized carbons (Fsp3) is 0.0175. The SMILES string of the molecule is c1ccc(-c2nc(-c3ccc(-c4ccc5c(c4)C(c4ccccc4)(c4ccccc4)c4ccccc4-5)c4ccccc34)cc(-c3cccc4oc5ccccc5c34)n2)cc1. The molecule has 1 aliphatic carbocycles. The second-order valence-corrected chi connectivity index (χ2v) is 15.6. The molecule has 0 unspecified atom stereocenters. The zero-order valence-corrected chi connectivity index (χ0v) is 32.6. The highest BCUT2D eigenvalue weighted by atomic mass is 16.3. The molecule has 0 amide bonds. The zero-order chi connectivity index (χ0) is 39.6. The molecule has 0 saturated heterocycles. The van der Waals surface area contributed by atoms with Crippen LogP contribution in [0.3, 0.4) is 0 Å². The van der Waals surface area contributed by atoms with Crippen LogP contribution in [0.1, 0.15) is 22.3 Å². The van der Waals surface area contributed by atoms with Crippen molar-refractivity contribution in [2.24, 2.45) is 0 Å². The van der Waals surface area contributed by atoms with E-state index in [-0.39, 0.29) is 0 Å². The van der Waals surface area contributed by atoms with Gasteiger partial charge in [-0.1, -0.05) is 194 Å². The van der Waals surface area contributed by atoms with E-state index < -0.39 is 5.41 Å². The molecule has 0 saturated carbocycles. The summed E-state index contributed by atoms with van der Waals surface area (Å²) >= 11 is 0. The molecule has 0 atom stereocenters. The normalized spacial score (nSPS) is 12.8. The van der Waals surface area contributed by atoms with Crippen LogP contribution in [0, 0.1) is 0 Å². The Morgan fingerprint density at radius 1 is 0.333 bits per heavy atom. The van der Waals surface area contributed by atoms with Gasteiger partial charge in [-0.3, -0.25) is 0 Å². The molecule has 0 bridgehead atoms. The monoisotopic (exact) mass is 764 g/mol. The average Bonchev–Trinajstić information content (AvgIpc) is 3.86. The van der Waals surface area contributed by atoms with Gasteiger partial charge in [0.1, 0.15) is 11.2 Å². The molecule has 3 nitrogen and oxygen atoms in total. The molecule has 0 spiro atoms. The number of nitrogens with zero attached hydrogens (tertiary/aromatic N) is 2. The second kappa shape index (κ2) is 13.6. The fourth-order valence-corrected chi connectivity index (χ4v) is 9.81. The van der Waals surface area contributed by atoms with E-state index in [1.165, 1.54) is 49.9 Å². The second-order valence-electron chi connectivity index (χ2n) is 15.6. The van der Waals surface area contributed by atoms with E-state index in [1.807, 2.05) is 42.5 Å². The Hall–Kier alpha value is -7.88. The molecule has 11 aromatic rings. The molecule has 0 fully saturated rings. The minimum Gasteiger partial charge on any atom is -0.456 e. The Kier molecular flexibility index (Phi) is 7.76. The molecule has 280 valence electrons. The summed E-state index contributed by atoms with van der Waals surface area (Å²) in [5.41, 5.74) is 16.0. The van der Waals surface area contributed by atoms with E-state index in [4.69, 9.17) is 14.4 Å². The molecule has 12 rings (SSSR count). The van der Waals surface area contributed by atoms with E-state index >= 15 is 0 Å². The third-order valence-corrected chi connectivity index (χ3v) is 12.4. The third kappa shape index (κ3) is 5.16. The first-order valence-corrected chi connectivity index (χ1v) is 20.5. The van der Waals surface area contributed by atoms with Gasteiger partial charge in [-0.25, -0.2) is 9.97 Å². The topological polar surface area (TPSA) is 38.9 Å². The van der Waals surface area contributed by atoms with Crippen LogP contribution in [-0.2, 0) is 5.41 Å². The first-order chi connectivity index (χ1) is 29.8. The summed E-state index contributed by atoms with van der Waals surface area (Å²) in [6.07, 6.45) is 0. The number of rotatable bonds is 6. The molecule has 3 heteroatoms. The fourth-order valence-electron chi connectivity index (χ4n) is 9.81. The van der Waals surface area contributed by atoms with Gasteiger partial charge in [0.2, 0.25) is 0 Å². The Morgan fingerprint density at radius 3 is 1.62 bits per heavy atom. The Labute approximate surface area is 347 Å². The quantitative estimate of drug-likeness (QED) is 0.169. The maximum atomic E-state index is 6.32. The molecular weight excluding hydrogens is 729 g/mol. The van der Waals surface area contributed by atoms with Gasteiger partial charge in [-0.05, 0) is 79.5 Å². The molecule has 60 heavy (non-hydrogen) atoms. The molecule has 1 aliphatic rings. The van der Waals surface area contributed by atoms with E-state index in [1.54, 1.807) is 0 Å². The largest absolute Gasteiger partial charge is 0.456 e. The van der Waals surface area contributed by atoms with Crippen molar-refractivity contribution in [1.29, 1.82) is 0 Å². The van der Waals surface area contributed by atoms with Crippen molar-refractivity contribution >= 4 is 32.7 Å². The number of benzene rings is 9. The van der Waals surface area contributed by atoms with Gasteiger partial charge in [0, 0.05) is 27.5 Å². The molecule has 9 aromatic carbocycles. The lowest BCUT2D eigenvalue weighted by Gasteiger charge is -2.34. The predicted molar refractivity (Wildman–Crippen MR) is 246 cm³/mol. The molecule has 0 N–H and O–H groups in total. The summed E-state index contributed by atoms with van der Waals surface area (Å²) in [4.78, 5) is 10.5. The van der Waals surface area contributed by atoms with Gasteiger partial charge in [0.25, 0.3) is 0 Å². The minimum absolute atomic E-state index is 0.478. The van der Waals surface area contributed by atoms with Gasteiger partial charge < -0.3 is 4.42 Å². The van der Waals surface area contributed by atoms with Crippen LogP contribution in [0.25, 0.3) is 88.9 Å². The standard InChI is InChI=1S/C57H36N2O/c1-4-17-37(18-5-1)56-58-51(36-52(59-56)47-27-16-30-54-55(47)48-26-13-15-29-53(48)60-54)46-34-33-41(42-23-10-11-24-43(42)46)38-31-32-45-44-25-12-14-28-49(44)57(50(45)35-38,39-19-6-2-7-20-39)40-21-8-3-9-22-40/h1-36H. The molecule has 2 aromatic heterocycles. The smallest absolute Gasteiger partial charge is 0.160 e. The van der Waals surface area contributed by atoms with Crippen molar-refractivity contribution in [2.75, 3.05) is 0 Å². The van der Waals surface area contributed by atoms with Crippen LogP contribution < -0.4 is 0 Å². The first-order valence-electron chi connectivity index (χ1n) is 20.5.